The van der Waals surface area contributed by atoms with Crippen LogP contribution in [0.15, 0.2) is 30.3 Å². The second kappa shape index (κ2) is 7.94. The summed E-state index contributed by atoms with van der Waals surface area (Å²) < 4.78 is 19.4. The summed E-state index contributed by atoms with van der Waals surface area (Å²) in [5.41, 5.74) is 0.521. The highest BCUT2D eigenvalue weighted by atomic mass is 127. The quantitative estimate of drug-likeness (QED) is 0.271. The van der Waals surface area contributed by atoms with Crippen molar-refractivity contribution in [2.75, 3.05) is 6.54 Å². The maximum Gasteiger partial charge on any atom is 0.341 e. The van der Waals surface area contributed by atoms with E-state index in [0.29, 0.717) is 8.41 Å². The molecule has 6 nitrogen and oxygen atoms in total. The number of aliphatic hydroxyl groups excluding tert-OH is 1. The minimum absolute atomic E-state index is 0.0777. The molecule has 3 heterocycles. The first-order chi connectivity index (χ1) is 14.4. The third-order valence-electron chi connectivity index (χ3n) is 7.08. The average Bonchev–Trinajstić information content (AvgIpc) is 3.25. The number of rotatable bonds is 4. The topological polar surface area (TPSA) is 65.0 Å². The molecule has 3 saturated heterocycles. The van der Waals surface area contributed by atoms with Crippen LogP contribution in [0.5, 0.6) is 0 Å². The van der Waals surface area contributed by atoms with E-state index >= 15 is 0 Å². The average molecular weight is 544 g/mol. The van der Waals surface area contributed by atoms with Crippen LogP contribution in [0.4, 0.5) is 0 Å². The van der Waals surface area contributed by atoms with Crippen LogP contribution in [-0.4, -0.2) is 67.8 Å². The number of fused-ring (bicyclic) bond motifs is 3. The molecule has 4 rings (SSSR count). The molecule has 7 heteroatoms. The number of nitrogens with zero attached hydrogens (tertiary/aromatic N) is 1. The van der Waals surface area contributed by atoms with Gasteiger partial charge in [-0.15, -0.1) is 0 Å². The summed E-state index contributed by atoms with van der Waals surface area (Å²) in [6.07, 6.45) is -0.826. The van der Waals surface area contributed by atoms with E-state index in [2.05, 4.69) is 41.6 Å². The van der Waals surface area contributed by atoms with Crippen molar-refractivity contribution in [3.8, 4) is 0 Å². The minimum atomic E-state index is -1.29. The molecule has 1 unspecified atom stereocenters. The molecule has 1 aromatic rings. The summed E-state index contributed by atoms with van der Waals surface area (Å²) in [6.45, 7) is 12.4. The molecule has 8 atom stereocenters. The largest absolute Gasteiger partial charge is 0.458 e. The number of halogens is 1. The minimum Gasteiger partial charge on any atom is -0.458 e. The summed E-state index contributed by atoms with van der Waals surface area (Å²) in [4.78, 5) is 13.1. The first-order valence-corrected chi connectivity index (χ1v) is 12.4. The molecule has 0 bridgehead atoms. The van der Waals surface area contributed by atoms with Gasteiger partial charge in [0.15, 0.2) is 11.8 Å². The number of hydrogen-bond donors (Lipinski definition) is 1. The Morgan fingerprint density at radius 2 is 1.84 bits per heavy atom. The van der Waals surface area contributed by atoms with Crippen molar-refractivity contribution in [2.45, 2.75) is 99.7 Å². The third kappa shape index (κ3) is 3.94. The van der Waals surface area contributed by atoms with Gasteiger partial charge in [-0.05, 0) is 41.5 Å². The summed E-state index contributed by atoms with van der Waals surface area (Å²) >= 11 is 2.52. The molecule has 31 heavy (non-hydrogen) atoms. The first kappa shape index (κ1) is 23.4. The van der Waals surface area contributed by atoms with Gasteiger partial charge in [-0.3, -0.25) is 0 Å². The number of aliphatic hydroxyl groups is 1. The molecule has 172 valence electrons. The van der Waals surface area contributed by atoms with Crippen LogP contribution in [0.1, 0.15) is 59.6 Å². The van der Waals surface area contributed by atoms with E-state index < -0.39 is 29.5 Å². The van der Waals surface area contributed by atoms with Gasteiger partial charge >= 0.3 is 5.97 Å². The van der Waals surface area contributed by atoms with Gasteiger partial charge in [0.05, 0.1) is 10.5 Å². The lowest BCUT2D eigenvalue weighted by Gasteiger charge is -2.48. The van der Waals surface area contributed by atoms with E-state index in [1.165, 1.54) is 5.56 Å². The zero-order valence-electron chi connectivity index (χ0n) is 19.2. The molecule has 0 aliphatic carbocycles. The van der Waals surface area contributed by atoms with Crippen molar-refractivity contribution in [1.29, 1.82) is 0 Å². The Balaban J connectivity index is 1.80. The lowest BCUT2D eigenvalue weighted by atomic mass is 9.97. The second-order valence-electron chi connectivity index (χ2n) is 10.6. The van der Waals surface area contributed by atoms with Crippen LogP contribution >= 0.6 is 22.6 Å². The predicted molar refractivity (Wildman–Crippen MR) is 126 cm³/mol. The number of carbonyl (C=O) groups excluding carboxylic acids is 1. The van der Waals surface area contributed by atoms with Crippen LogP contribution in [-0.2, 0) is 19.0 Å². The van der Waals surface area contributed by atoms with Gasteiger partial charge < -0.3 is 23.8 Å². The van der Waals surface area contributed by atoms with Crippen molar-refractivity contribution in [3.63, 3.8) is 0 Å². The van der Waals surface area contributed by atoms with Gasteiger partial charge in [-0.1, -0.05) is 52.9 Å². The van der Waals surface area contributed by atoms with Crippen LogP contribution in [0.2, 0.25) is 0 Å². The molecular weight excluding hydrogens is 509 g/mol. The number of benzene rings is 1. The highest BCUT2D eigenvalue weighted by molar-refractivity contribution is 14.1. The highest BCUT2D eigenvalue weighted by Crippen LogP contribution is 2.56. The van der Waals surface area contributed by atoms with Crippen molar-refractivity contribution in [1.82, 2.24) is 0 Å². The Hall–Kier alpha value is -0.740. The molecule has 1 N–H and O–H groups in total. The van der Waals surface area contributed by atoms with Crippen LogP contribution < -0.4 is 0 Å². The zero-order chi connectivity index (χ0) is 22.8. The number of hydrogen-bond acceptors (Lipinski definition) is 5. The smallest absolute Gasteiger partial charge is 0.341 e. The first-order valence-electron chi connectivity index (χ1n) is 11.2. The standard InChI is InChI=1S/C24H35INO5/c1-14(15-10-8-7-9-11-15)26-13-12-16(25)17(26)20-21(30-24(5,6)29-20)18(26)19(27)22(28)31-23(2,3)4/h7-11,14,16-21,27H,12-13H2,1-6H3/q+1/t14-,16+,17-,18+,19-,20-,21+,26?/m1/s1. The van der Waals surface area contributed by atoms with Gasteiger partial charge in [0.25, 0.3) is 0 Å². The lowest BCUT2D eigenvalue weighted by molar-refractivity contribution is -0.981. The summed E-state index contributed by atoms with van der Waals surface area (Å²) in [7, 11) is 0. The highest BCUT2D eigenvalue weighted by Gasteiger charge is 2.74. The fraction of sp³-hybridized carbons (Fsp3) is 0.708. The second-order valence-corrected chi connectivity index (χ2v) is 12.2. The van der Waals surface area contributed by atoms with Crippen molar-refractivity contribution in [3.05, 3.63) is 35.9 Å². The third-order valence-corrected chi connectivity index (χ3v) is 8.44. The monoisotopic (exact) mass is 544 g/mol. The van der Waals surface area contributed by atoms with Crippen LogP contribution in [0.3, 0.4) is 0 Å². The van der Waals surface area contributed by atoms with Gasteiger partial charge in [0, 0.05) is 12.0 Å². The van der Waals surface area contributed by atoms with Gasteiger partial charge in [-0.2, -0.15) is 0 Å². The van der Waals surface area contributed by atoms with E-state index in [4.69, 9.17) is 14.2 Å². The summed E-state index contributed by atoms with van der Waals surface area (Å²) in [5.74, 6) is -1.33. The van der Waals surface area contributed by atoms with Crippen molar-refractivity contribution >= 4 is 28.6 Å². The Morgan fingerprint density at radius 1 is 1.23 bits per heavy atom. The Labute approximate surface area is 199 Å². The zero-order valence-corrected chi connectivity index (χ0v) is 21.4. The fourth-order valence-electron chi connectivity index (χ4n) is 6.08. The number of ether oxygens (including phenoxy) is 3. The van der Waals surface area contributed by atoms with Gasteiger partial charge in [-0.25, -0.2) is 4.79 Å². The molecule has 3 fully saturated rings. The molecule has 3 aliphatic heterocycles. The molecule has 0 radical (unpaired) electrons. The van der Waals surface area contributed by atoms with E-state index in [-0.39, 0.29) is 24.3 Å². The predicted octanol–water partition coefficient (Wildman–Crippen LogP) is 3.75. The van der Waals surface area contributed by atoms with Crippen LogP contribution in [0.25, 0.3) is 0 Å². The molecule has 0 amide bonds. The normalized spacial score (nSPS) is 38.4. The van der Waals surface area contributed by atoms with E-state index in [1.807, 2.05) is 52.8 Å². The van der Waals surface area contributed by atoms with E-state index in [1.54, 1.807) is 0 Å². The maximum atomic E-state index is 13.1. The van der Waals surface area contributed by atoms with Crippen LogP contribution in [0, 0.1) is 0 Å². The molecule has 3 aliphatic rings. The number of esters is 1. The maximum absolute atomic E-state index is 13.1. The number of carbonyl (C=O) groups is 1. The Bertz CT molecular complexity index is 825. The van der Waals surface area contributed by atoms with Crippen molar-refractivity contribution in [2.24, 2.45) is 0 Å². The van der Waals surface area contributed by atoms with Gasteiger partial charge in [0.2, 0.25) is 6.10 Å². The molecule has 0 saturated carbocycles. The van der Waals surface area contributed by atoms with E-state index in [9.17, 15) is 9.90 Å². The van der Waals surface area contributed by atoms with Crippen molar-refractivity contribution < 1.29 is 28.6 Å². The summed E-state index contributed by atoms with van der Waals surface area (Å²) in [5, 5.41) is 11.5. The Kier molecular flexibility index (Phi) is 6.00. The molecule has 0 aromatic heterocycles. The Morgan fingerprint density at radius 3 is 2.45 bits per heavy atom. The lowest BCUT2D eigenvalue weighted by Crippen LogP contribution is -2.64. The number of alkyl halides is 1. The molecule has 1 aromatic carbocycles. The summed E-state index contributed by atoms with van der Waals surface area (Å²) in [6, 6.07) is 10.1. The fourth-order valence-corrected chi connectivity index (χ4v) is 7.36. The van der Waals surface area contributed by atoms with Gasteiger partial charge in [0.1, 0.15) is 29.9 Å². The van der Waals surface area contributed by atoms with E-state index in [0.717, 1.165) is 13.0 Å². The molecular formula is C24H35INO5+. The SMILES string of the molecule is C[C@H](c1ccccc1)[N+]12CC[C@H](I)[C@@H]1[C@H]1OC(C)(C)O[C@H]1[C@@H]2[C@@H](O)C(=O)OC(C)(C)C. The molecule has 0 spiro atoms. The number of quaternary nitrogens is 1.